The number of hydrogen-bond acceptors (Lipinski definition) is 2. The highest BCUT2D eigenvalue weighted by Crippen LogP contribution is 2.23. The second kappa shape index (κ2) is 4.25. The molecule has 0 aliphatic heterocycles. The highest BCUT2D eigenvalue weighted by Gasteiger charge is 2.13. The lowest BCUT2D eigenvalue weighted by atomic mass is 10.00. The average molecular weight is 249 g/mol. The Labute approximate surface area is 102 Å². The first kappa shape index (κ1) is 12.3. The number of nitrogens with one attached hydrogen (secondary N) is 1. The first-order valence-corrected chi connectivity index (χ1v) is 5.50. The third-order valence-corrected chi connectivity index (χ3v) is 2.81. The van der Waals surface area contributed by atoms with Crippen LogP contribution in [0.2, 0.25) is 0 Å². The summed E-state index contributed by atoms with van der Waals surface area (Å²) in [5.41, 5.74) is -0.146. The summed E-state index contributed by atoms with van der Waals surface area (Å²) in [7, 11) is 0. The minimum Gasteiger partial charge on any atom is -0.477 e. The number of benzene rings is 1. The predicted molar refractivity (Wildman–Crippen MR) is 65.6 cm³/mol. The van der Waals surface area contributed by atoms with Crippen molar-refractivity contribution in [2.45, 2.75) is 19.8 Å². The molecule has 0 atom stereocenters. The number of carbonyl (C=O) groups is 1. The lowest BCUT2D eigenvalue weighted by Gasteiger charge is -2.09. The van der Waals surface area contributed by atoms with Crippen LogP contribution in [0.1, 0.15) is 35.7 Å². The van der Waals surface area contributed by atoms with E-state index in [4.69, 9.17) is 5.11 Å². The zero-order valence-electron chi connectivity index (χ0n) is 9.95. The molecule has 1 heterocycles. The largest absolute Gasteiger partial charge is 0.477 e. The minimum atomic E-state index is -1.33. The van der Waals surface area contributed by atoms with Crippen LogP contribution in [0.5, 0.6) is 0 Å². The van der Waals surface area contributed by atoms with Gasteiger partial charge in [0.05, 0.1) is 0 Å². The van der Waals surface area contributed by atoms with Crippen molar-refractivity contribution >= 4 is 16.9 Å². The molecular weight excluding hydrogens is 237 g/mol. The van der Waals surface area contributed by atoms with E-state index < -0.39 is 17.3 Å². The van der Waals surface area contributed by atoms with Crippen molar-refractivity contribution in [2.75, 3.05) is 0 Å². The number of hydrogen-bond donors (Lipinski definition) is 2. The van der Waals surface area contributed by atoms with Crippen LogP contribution in [0.3, 0.4) is 0 Å². The number of H-pyrrole nitrogens is 1. The highest BCUT2D eigenvalue weighted by molar-refractivity contribution is 5.92. The Balaban J connectivity index is 2.78. The number of carboxylic acid groups (broad SMARTS) is 1. The van der Waals surface area contributed by atoms with Crippen LogP contribution in [0.4, 0.5) is 4.39 Å². The SMILES string of the molecule is CC(C)c1cc2[nH]c(=O)c(C(=O)O)cc2cc1F. The van der Waals surface area contributed by atoms with Gasteiger partial charge in [-0.3, -0.25) is 4.79 Å². The monoisotopic (exact) mass is 249 g/mol. The van der Waals surface area contributed by atoms with Crippen molar-refractivity contribution in [2.24, 2.45) is 0 Å². The molecule has 0 fully saturated rings. The molecule has 0 radical (unpaired) electrons. The molecule has 0 saturated heterocycles. The fourth-order valence-corrected chi connectivity index (χ4v) is 1.85. The second-order valence-corrected chi connectivity index (χ2v) is 4.43. The number of carboxylic acids is 1. The van der Waals surface area contributed by atoms with Crippen molar-refractivity contribution in [3.63, 3.8) is 0 Å². The Hall–Kier alpha value is -2.17. The van der Waals surface area contributed by atoms with Crippen molar-refractivity contribution < 1.29 is 14.3 Å². The van der Waals surface area contributed by atoms with Crippen LogP contribution in [0.25, 0.3) is 10.9 Å². The highest BCUT2D eigenvalue weighted by atomic mass is 19.1. The van der Waals surface area contributed by atoms with Gasteiger partial charge < -0.3 is 10.1 Å². The molecule has 4 nitrogen and oxygen atoms in total. The third-order valence-electron chi connectivity index (χ3n) is 2.81. The molecule has 2 aromatic rings. The quantitative estimate of drug-likeness (QED) is 0.859. The van der Waals surface area contributed by atoms with E-state index in [1.807, 2.05) is 13.8 Å². The molecular formula is C13H12FNO3. The van der Waals surface area contributed by atoms with Gasteiger partial charge in [-0.2, -0.15) is 0 Å². The van der Waals surface area contributed by atoms with Gasteiger partial charge in [-0.1, -0.05) is 13.8 Å². The van der Waals surface area contributed by atoms with Crippen LogP contribution in [-0.2, 0) is 0 Å². The zero-order valence-corrected chi connectivity index (χ0v) is 9.95. The summed E-state index contributed by atoms with van der Waals surface area (Å²) >= 11 is 0. The molecule has 0 aliphatic carbocycles. The zero-order chi connectivity index (χ0) is 13.4. The van der Waals surface area contributed by atoms with Crippen LogP contribution >= 0.6 is 0 Å². The molecule has 2 N–H and O–H groups in total. The standard InChI is InChI=1S/C13H12FNO3/c1-6(2)8-5-11-7(4-10(8)14)3-9(13(17)18)12(16)15-11/h3-6H,1-2H3,(H,15,16)(H,17,18). The van der Waals surface area contributed by atoms with E-state index in [0.29, 0.717) is 16.5 Å². The molecule has 1 aromatic carbocycles. The minimum absolute atomic E-state index is 0.0166. The number of aromatic amines is 1. The number of fused-ring (bicyclic) bond motifs is 1. The van der Waals surface area contributed by atoms with Gasteiger partial charge in [-0.15, -0.1) is 0 Å². The lowest BCUT2D eigenvalue weighted by molar-refractivity contribution is 0.0695. The number of pyridine rings is 1. The predicted octanol–water partition coefficient (Wildman–Crippen LogP) is 2.49. The van der Waals surface area contributed by atoms with Gasteiger partial charge in [-0.05, 0) is 29.7 Å². The number of rotatable bonds is 2. The first-order chi connectivity index (χ1) is 8.40. The molecule has 2 rings (SSSR count). The van der Waals surface area contributed by atoms with E-state index in [2.05, 4.69) is 4.98 Å². The Kier molecular flexibility index (Phi) is 2.90. The first-order valence-electron chi connectivity index (χ1n) is 5.50. The summed E-state index contributed by atoms with van der Waals surface area (Å²) < 4.78 is 13.8. The molecule has 94 valence electrons. The Morgan fingerprint density at radius 1 is 1.33 bits per heavy atom. The van der Waals surface area contributed by atoms with E-state index in [0.717, 1.165) is 0 Å². The van der Waals surface area contributed by atoms with Gasteiger partial charge in [-0.25, -0.2) is 9.18 Å². The van der Waals surface area contributed by atoms with Gasteiger partial charge in [0.1, 0.15) is 11.4 Å². The molecule has 0 spiro atoms. The Morgan fingerprint density at radius 2 is 2.00 bits per heavy atom. The smallest absolute Gasteiger partial charge is 0.341 e. The van der Waals surface area contributed by atoms with Gasteiger partial charge in [0, 0.05) is 10.9 Å². The van der Waals surface area contributed by atoms with Gasteiger partial charge in [0.2, 0.25) is 0 Å². The topological polar surface area (TPSA) is 70.2 Å². The average Bonchev–Trinajstić information content (AvgIpc) is 2.27. The molecule has 0 saturated carbocycles. The lowest BCUT2D eigenvalue weighted by Crippen LogP contribution is -2.17. The second-order valence-electron chi connectivity index (χ2n) is 4.43. The Bertz CT molecular complexity index is 688. The van der Waals surface area contributed by atoms with Crippen molar-refractivity contribution in [3.8, 4) is 0 Å². The molecule has 0 amide bonds. The molecule has 0 unspecified atom stereocenters. The van der Waals surface area contributed by atoms with E-state index >= 15 is 0 Å². The van der Waals surface area contributed by atoms with E-state index in [1.54, 1.807) is 6.07 Å². The molecule has 5 heteroatoms. The van der Waals surface area contributed by atoms with E-state index in [-0.39, 0.29) is 11.5 Å². The van der Waals surface area contributed by atoms with Crippen molar-refractivity contribution in [1.29, 1.82) is 0 Å². The molecule has 0 bridgehead atoms. The van der Waals surface area contributed by atoms with Crippen molar-refractivity contribution in [3.05, 3.63) is 45.5 Å². The van der Waals surface area contributed by atoms with Crippen LogP contribution < -0.4 is 5.56 Å². The maximum Gasteiger partial charge on any atom is 0.341 e. The van der Waals surface area contributed by atoms with Gasteiger partial charge in [0.25, 0.3) is 5.56 Å². The third kappa shape index (κ3) is 1.99. The summed E-state index contributed by atoms with van der Waals surface area (Å²) in [5.74, 6) is -1.75. The van der Waals surface area contributed by atoms with Crippen molar-refractivity contribution in [1.82, 2.24) is 4.98 Å². The summed E-state index contributed by atoms with van der Waals surface area (Å²) in [6, 6.07) is 3.97. The van der Waals surface area contributed by atoms with E-state index in [9.17, 15) is 14.0 Å². The number of aromatic nitrogens is 1. The van der Waals surface area contributed by atoms with Gasteiger partial charge >= 0.3 is 5.97 Å². The van der Waals surface area contributed by atoms with Crippen LogP contribution in [0, 0.1) is 5.82 Å². The fourth-order valence-electron chi connectivity index (χ4n) is 1.85. The van der Waals surface area contributed by atoms with E-state index in [1.165, 1.54) is 12.1 Å². The number of aromatic carboxylic acids is 1. The molecule has 18 heavy (non-hydrogen) atoms. The molecule has 0 aliphatic rings. The fraction of sp³-hybridized carbons (Fsp3) is 0.231. The van der Waals surface area contributed by atoms with Crippen LogP contribution in [-0.4, -0.2) is 16.1 Å². The summed E-state index contributed by atoms with van der Waals surface area (Å²) in [6.07, 6.45) is 0. The maximum absolute atomic E-state index is 13.8. The number of halogens is 1. The van der Waals surface area contributed by atoms with Crippen LogP contribution in [0.15, 0.2) is 23.0 Å². The summed E-state index contributed by atoms with van der Waals surface area (Å²) in [5, 5.41) is 9.19. The summed E-state index contributed by atoms with van der Waals surface area (Å²) in [6.45, 7) is 3.68. The maximum atomic E-state index is 13.8. The summed E-state index contributed by atoms with van der Waals surface area (Å²) in [4.78, 5) is 24.8. The normalized spacial score (nSPS) is 11.1. The molecule has 1 aromatic heterocycles. The Morgan fingerprint density at radius 3 is 2.56 bits per heavy atom. The van der Waals surface area contributed by atoms with Gasteiger partial charge in [0.15, 0.2) is 0 Å².